The molecule has 0 aliphatic rings. The monoisotopic (exact) mass is 425 g/mol. The Balaban J connectivity index is 1.63. The van der Waals surface area contributed by atoms with E-state index in [4.69, 9.17) is 0 Å². The van der Waals surface area contributed by atoms with Crippen molar-refractivity contribution in [3.05, 3.63) is 96.2 Å². The summed E-state index contributed by atoms with van der Waals surface area (Å²) in [6.45, 7) is 5.73. The Morgan fingerprint density at radius 3 is 2.75 bits per heavy atom. The molecular formula is C25H20FN5O. The SMILES string of the molecule is C=C/C=C(/c1cc(O)cc(F)c1)c1cc(-c2n[nH]c3ccc(-c4cn[nH]c4)cc23)[nH]c1C. The van der Waals surface area contributed by atoms with Gasteiger partial charge in [-0.3, -0.25) is 10.2 Å². The molecule has 6 nitrogen and oxygen atoms in total. The fourth-order valence-electron chi connectivity index (χ4n) is 3.96. The number of fused-ring (bicyclic) bond motifs is 1. The number of halogens is 1. The Morgan fingerprint density at radius 2 is 2.00 bits per heavy atom. The van der Waals surface area contributed by atoms with Crippen LogP contribution in [0, 0.1) is 12.7 Å². The molecule has 3 heterocycles. The van der Waals surface area contributed by atoms with Crippen molar-refractivity contribution in [3.63, 3.8) is 0 Å². The number of allylic oxidation sites excluding steroid dienone is 2. The van der Waals surface area contributed by atoms with Crippen LogP contribution in [0.25, 0.3) is 39.0 Å². The molecule has 2 aromatic carbocycles. The van der Waals surface area contributed by atoms with Gasteiger partial charge in [-0.15, -0.1) is 0 Å². The zero-order valence-electron chi connectivity index (χ0n) is 17.3. The van der Waals surface area contributed by atoms with Crippen LogP contribution in [-0.2, 0) is 0 Å². The van der Waals surface area contributed by atoms with Crippen molar-refractivity contribution < 1.29 is 9.50 Å². The standard InChI is InChI=1S/C25H20FN5O/c1-3-4-20(16-7-18(26)10-19(32)8-16)21-11-24(29-14(21)2)25-22-9-15(17-12-27-28-13-17)5-6-23(22)30-31-25/h3-13,29,32H,1H2,2H3,(H,27,28)(H,30,31)/b20-4-. The first-order chi connectivity index (χ1) is 15.5. The van der Waals surface area contributed by atoms with Gasteiger partial charge in [0.15, 0.2) is 0 Å². The molecule has 3 aromatic heterocycles. The Kier molecular flexibility index (Phi) is 4.71. The number of rotatable bonds is 5. The highest BCUT2D eigenvalue weighted by Crippen LogP contribution is 2.35. The van der Waals surface area contributed by atoms with Crippen molar-refractivity contribution >= 4 is 16.5 Å². The molecule has 0 amide bonds. The van der Waals surface area contributed by atoms with E-state index in [1.807, 2.05) is 31.3 Å². The Hall–Kier alpha value is -4.39. The molecule has 0 fully saturated rings. The number of nitrogens with zero attached hydrogens (tertiary/aromatic N) is 2. The number of hydrogen-bond donors (Lipinski definition) is 4. The number of aromatic amines is 3. The van der Waals surface area contributed by atoms with Gasteiger partial charge in [-0.1, -0.05) is 24.8 Å². The molecule has 0 atom stereocenters. The number of benzene rings is 2. The van der Waals surface area contributed by atoms with Gasteiger partial charge in [0.2, 0.25) is 0 Å². The van der Waals surface area contributed by atoms with Gasteiger partial charge in [0.1, 0.15) is 17.3 Å². The highest BCUT2D eigenvalue weighted by atomic mass is 19.1. The number of phenols is 1. The Morgan fingerprint density at radius 1 is 1.12 bits per heavy atom. The number of aromatic nitrogens is 5. The van der Waals surface area contributed by atoms with E-state index in [2.05, 4.69) is 38.0 Å². The third-order valence-corrected chi connectivity index (χ3v) is 5.43. The first-order valence-corrected chi connectivity index (χ1v) is 10.0. The maximum atomic E-state index is 14.0. The van der Waals surface area contributed by atoms with E-state index < -0.39 is 5.82 Å². The lowest BCUT2D eigenvalue weighted by Crippen LogP contribution is -1.90. The maximum absolute atomic E-state index is 14.0. The lowest BCUT2D eigenvalue weighted by atomic mass is 9.97. The maximum Gasteiger partial charge on any atom is 0.127 e. The number of H-pyrrole nitrogens is 3. The molecule has 5 aromatic rings. The van der Waals surface area contributed by atoms with Gasteiger partial charge in [0.05, 0.1) is 17.4 Å². The summed E-state index contributed by atoms with van der Waals surface area (Å²) in [6, 6.07) is 12.1. The first kappa shape index (κ1) is 19.6. The van der Waals surface area contributed by atoms with Crippen molar-refractivity contribution in [2.24, 2.45) is 0 Å². The van der Waals surface area contributed by atoms with Crippen LogP contribution in [0.5, 0.6) is 5.75 Å². The summed E-state index contributed by atoms with van der Waals surface area (Å²) in [6.07, 6.45) is 7.07. The van der Waals surface area contributed by atoms with Crippen molar-refractivity contribution in [3.8, 4) is 28.3 Å². The van der Waals surface area contributed by atoms with Crippen LogP contribution in [0.1, 0.15) is 16.8 Å². The third-order valence-electron chi connectivity index (χ3n) is 5.43. The lowest BCUT2D eigenvalue weighted by Gasteiger charge is -2.08. The molecule has 0 aliphatic heterocycles. The normalized spacial score (nSPS) is 11.9. The molecule has 32 heavy (non-hydrogen) atoms. The molecule has 0 saturated carbocycles. The summed E-state index contributed by atoms with van der Waals surface area (Å²) < 4.78 is 14.0. The summed E-state index contributed by atoms with van der Waals surface area (Å²) in [5.74, 6) is -0.637. The van der Waals surface area contributed by atoms with E-state index in [9.17, 15) is 9.50 Å². The second-order valence-corrected chi connectivity index (χ2v) is 7.56. The van der Waals surface area contributed by atoms with Crippen LogP contribution < -0.4 is 0 Å². The smallest absolute Gasteiger partial charge is 0.127 e. The van der Waals surface area contributed by atoms with E-state index in [0.717, 1.165) is 56.3 Å². The first-order valence-electron chi connectivity index (χ1n) is 10.0. The van der Waals surface area contributed by atoms with Gasteiger partial charge in [-0.2, -0.15) is 10.2 Å². The number of hydrogen-bond acceptors (Lipinski definition) is 3. The Bertz CT molecular complexity index is 1450. The van der Waals surface area contributed by atoms with Crippen molar-refractivity contribution in [2.45, 2.75) is 6.92 Å². The largest absolute Gasteiger partial charge is 0.508 e. The minimum absolute atomic E-state index is 0.131. The van der Waals surface area contributed by atoms with E-state index in [1.54, 1.807) is 18.3 Å². The van der Waals surface area contributed by atoms with E-state index in [-0.39, 0.29) is 5.75 Å². The minimum atomic E-state index is -0.506. The number of aryl methyl sites for hydroxylation is 1. The average molecular weight is 425 g/mol. The van der Waals surface area contributed by atoms with Crippen LogP contribution in [0.2, 0.25) is 0 Å². The summed E-state index contributed by atoms with van der Waals surface area (Å²) in [5.41, 5.74) is 7.59. The predicted molar refractivity (Wildman–Crippen MR) is 124 cm³/mol. The minimum Gasteiger partial charge on any atom is -0.508 e. The van der Waals surface area contributed by atoms with E-state index in [0.29, 0.717) is 5.56 Å². The topological polar surface area (TPSA) is 93.4 Å². The molecule has 0 saturated heterocycles. The molecule has 5 rings (SSSR count). The predicted octanol–water partition coefficient (Wildman–Crippen LogP) is 5.72. The molecule has 0 radical (unpaired) electrons. The zero-order valence-corrected chi connectivity index (χ0v) is 17.3. The van der Waals surface area contributed by atoms with Crippen molar-refractivity contribution in [1.82, 2.24) is 25.4 Å². The summed E-state index contributed by atoms with van der Waals surface area (Å²) in [5, 5.41) is 25.3. The molecule has 0 spiro atoms. The van der Waals surface area contributed by atoms with Gasteiger partial charge in [0, 0.05) is 34.5 Å². The van der Waals surface area contributed by atoms with Crippen molar-refractivity contribution in [2.75, 3.05) is 0 Å². The Labute approximate surface area is 183 Å². The second-order valence-electron chi connectivity index (χ2n) is 7.56. The quantitative estimate of drug-likeness (QED) is 0.271. The van der Waals surface area contributed by atoms with Gasteiger partial charge in [0.25, 0.3) is 0 Å². The number of aromatic hydroxyl groups is 1. The van der Waals surface area contributed by atoms with Gasteiger partial charge >= 0.3 is 0 Å². The van der Waals surface area contributed by atoms with Gasteiger partial charge in [-0.25, -0.2) is 4.39 Å². The lowest BCUT2D eigenvalue weighted by molar-refractivity contribution is 0.469. The fourth-order valence-corrected chi connectivity index (χ4v) is 3.96. The molecule has 0 aliphatic carbocycles. The van der Waals surface area contributed by atoms with Crippen LogP contribution in [0.15, 0.2) is 73.6 Å². The van der Waals surface area contributed by atoms with Crippen LogP contribution in [0.3, 0.4) is 0 Å². The number of phenolic OH excluding ortho intramolecular Hbond substituents is 1. The molecule has 0 bridgehead atoms. The van der Waals surface area contributed by atoms with Gasteiger partial charge < -0.3 is 10.1 Å². The molecular weight excluding hydrogens is 405 g/mol. The fraction of sp³-hybridized carbons (Fsp3) is 0.0400. The summed E-state index contributed by atoms with van der Waals surface area (Å²) >= 11 is 0. The number of nitrogens with one attached hydrogen (secondary N) is 3. The highest BCUT2D eigenvalue weighted by molar-refractivity contribution is 5.96. The summed E-state index contributed by atoms with van der Waals surface area (Å²) in [7, 11) is 0. The highest BCUT2D eigenvalue weighted by Gasteiger charge is 2.17. The van der Waals surface area contributed by atoms with Gasteiger partial charge in [-0.05, 0) is 54.0 Å². The third kappa shape index (κ3) is 3.39. The van der Waals surface area contributed by atoms with E-state index in [1.165, 1.54) is 12.1 Å². The molecule has 4 N–H and O–H groups in total. The summed E-state index contributed by atoms with van der Waals surface area (Å²) in [4.78, 5) is 3.40. The van der Waals surface area contributed by atoms with Crippen molar-refractivity contribution in [1.29, 1.82) is 0 Å². The molecule has 0 unspecified atom stereocenters. The molecule has 158 valence electrons. The molecule has 7 heteroatoms. The van der Waals surface area contributed by atoms with E-state index >= 15 is 0 Å². The van der Waals surface area contributed by atoms with Crippen LogP contribution >= 0.6 is 0 Å². The van der Waals surface area contributed by atoms with Crippen LogP contribution in [0.4, 0.5) is 4.39 Å². The van der Waals surface area contributed by atoms with Crippen LogP contribution in [-0.4, -0.2) is 30.5 Å². The second kappa shape index (κ2) is 7.70. The average Bonchev–Trinajstić information content (AvgIpc) is 3.50. The zero-order chi connectivity index (χ0) is 22.2.